The molecule has 0 saturated heterocycles. The molecule has 0 saturated carbocycles. The summed E-state index contributed by atoms with van der Waals surface area (Å²) in [4.78, 5) is 7.22. The summed E-state index contributed by atoms with van der Waals surface area (Å²) in [6.07, 6.45) is 1.54. The number of fused-ring (bicyclic) bond motifs is 1. The molecular formula is C20H20N4O2S2. The lowest BCUT2D eigenvalue weighted by molar-refractivity contribution is 0.584. The molecule has 2 aromatic carbocycles. The van der Waals surface area contributed by atoms with Gasteiger partial charge in [-0.3, -0.25) is 0 Å². The Kier molecular flexibility index (Phi) is 4.99. The van der Waals surface area contributed by atoms with Gasteiger partial charge in [0.1, 0.15) is 0 Å². The van der Waals surface area contributed by atoms with Crippen LogP contribution in [0, 0.1) is 13.8 Å². The molecule has 6 nitrogen and oxygen atoms in total. The number of nitrogens with zero attached hydrogens (tertiary/aromatic N) is 3. The maximum absolute atomic E-state index is 12.4. The first kappa shape index (κ1) is 18.8. The zero-order valence-corrected chi connectivity index (χ0v) is 17.2. The van der Waals surface area contributed by atoms with E-state index in [1.807, 2.05) is 38.1 Å². The minimum Gasteiger partial charge on any atom is -0.317 e. The Morgan fingerprint density at radius 2 is 1.71 bits per heavy atom. The third kappa shape index (κ3) is 3.70. The normalized spacial score (nSPS) is 13.8. The lowest BCUT2D eigenvalue weighted by Crippen LogP contribution is -2.18. The predicted octanol–water partition coefficient (Wildman–Crippen LogP) is 3.59. The number of aryl methyl sites for hydroxylation is 2. The monoisotopic (exact) mass is 412 g/mol. The van der Waals surface area contributed by atoms with Crippen molar-refractivity contribution in [1.82, 2.24) is 14.4 Å². The molecule has 4 rings (SSSR count). The van der Waals surface area contributed by atoms with Gasteiger partial charge in [0.15, 0.2) is 5.16 Å². The van der Waals surface area contributed by atoms with E-state index in [0.717, 1.165) is 40.0 Å². The molecule has 0 radical (unpaired) electrons. The molecule has 0 spiro atoms. The summed E-state index contributed by atoms with van der Waals surface area (Å²) >= 11 is 1.69. The second-order valence-electron chi connectivity index (χ2n) is 6.66. The standard InChI is InChI=1S/C20H20N4O2S2/c1-14-3-7-16(8-4-14)19-18(24-11-12-27-20(24)22-19)13-21-23-28(25,26)17-9-5-15(2)6-10-17/h3-10,13,23H,11-12H2,1-2H3. The Morgan fingerprint density at radius 3 is 2.39 bits per heavy atom. The Labute approximate surface area is 168 Å². The number of hydrogen-bond acceptors (Lipinski definition) is 5. The van der Waals surface area contributed by atoms with E-state index in [4.69, 9.17) is 4.98 Å². The third-order valence-corrected chi connectivity index (χ3v) is 6.73. The number of benzene rings is 2. The molecule has 0 bridgehead atoms. The molecule has 0 atom stereocenters. The quantitative estimate of drug-likeness (QED) is 0.513. The average molecular weight is 413 g/mol. The van der Waals surface area contributed by atoms with Gasteiger partial charge in [0.05, 0.1) is 22.5 Å². The van der Waals surface area contributed by atoms with Crippen molar-refractivity contribution in [2.75, 3.05) is 5.75 Å². The van der Waals surface area contributed by atoms with E-state index < -0.39 is 10.0 Å². The fraction of sp³-hybridized carbons (Fsp3) is 0.200. The maximum Gasteiger partial charge on any atom is 0.276 e. The number of aromatic nitrogens is 2. The Hall–Kier alpha value is -2.58. The van der Waals surface area contributed by atoms with Gasteiger partial charge in [-0.1, -0.05) is 59.3 Å². The van der Waals surface area contributed by atoms with Crippen molar-refractivity contribution in [2.45, 2.75) is 30.4 Å². The van der Waals surface area contributed by atoms with Gasteiger partial charge >= 0.3 is 0 Å². The zero-order chi connectivity index (χ0) is 19.7. The van der Waals surface area contributed by atoms with Crippen LogP contribution in [-0.2, 0) is 16.6 Å². The fourth-order valence-corrected chi connectivity index (χ4v) is 4.73. The topological polar surface area (TPSA) is 76.3 Å². The molecule has 0 unspecified atom stereocenters. The molecule has 3 aromatic rings. The van der Waals surface area contributed by atoms with E-state index in [1.54, 1.807) is 42.2 Å². The predicted molar refractivity (Wildman–Crippen MR) is 112 cm³/mol. The highest BCUT2D eigenvalue weighted by Crippen LogP contribution is 2.32. The summed E-state index contributed by atoms with van der Waals surface area (Å²) < 4.78 is 27.0. The van der Waals surface area contributed by atoms with Crippen molar-refractivity contribution >= 4 is 28.0 Å². The minimum atomic E-state index is -3.71. The van der Waals surface area contributed by atoms with E-state index >= 15 is 0 Å². The Morgan fingerprint density at radius 1 is 1.07 bits per heavy atom. The van der Waals surface area contributed by atoms with Gasteiger partial charge in [0.2, 0.25) is 0 Å². The van der Waals surface area contributed by atoms with Crippen LogP contribution in [-0.4, -0.2) is 29.9 Å². The van der Waals surface area contributed by atoms with E-state index in [1.165, 1.54) is 5.56 Å². The largest absolute Gasteiger partial charge is 0.317 e. The average Bonchev–Trinajstić information content (AvgIpc) is 3.25. The molecule has 2 heterocycles. The third-order valence-electron chi connectivity index (χ3n) is 4.53. The Balaban J connectivity index is 1.64. The molecule has 1 aromatic heterocycles. The van der Waals surface area contributed by atoms with Gasteiger partial charge in [0.25, 0.3) is 10.0 Å². The number of hydrogen-bond donors (Lipinski definition) is 1. The first-order chi connectivity index (χ1) is 13.4. The van der Waals surface area contributed by atoms with Crippen LogP contribution < -0.4 is 4.83 Å². The van der Waals surface area contributed by atoms with Gasteiger partial charge in [0, 0.05) is 17.9 Å². The second-order valence-corrected chi connectivity index (χ2v) is 9.38. The number of sulfonamides is 1. The van der Waals surface area contributed by atoms with Crippen molar-refractivity contribution in [2.24, 2.45) is 5.10 Å². The number of hydrazone groups is 1. The van der Waals surface area contributed by atoms with E-state index in [-0.39, 0.29) is 4.90 Å². The van der Waals surface area contributed by atoms with Crippen molar-refractivity contribution in [3.05, 3.63) is 65.4 Å². The molecular weight excluding hydrogens is 392 g/mol. The molecule has 0 fully saturated rings. The van der Waals surface area contributed by atoms with Crippen molar-refractivity contribution in [3.63, 3.8) is 0 Å². The molecule has 1 N–H and O–H groups in total. The second kappa shape index (κ2) is 7.44. The summed E-state index contributed by atoms with van der Waals surface area (Å²) in [5.74, 6) is 0.951. The lowest BCUT2D eigenvalue weighted by atomic mass is 10.1. The van der Waals surface area contributed by atoms with Crippen LogP contribution in [0.25, 0.3) is 11.3 Å². The van der Waals surface area contributed by atoms with Gasteiger partial charge in [-0.25, -0.2) is 9.82 Å². The summed E-state index contributed by atoms with van der Waals surface area (Å²) in [7, 11) is -3.71. The molecule has 0 aliphatic carbocycles. The van der Waals surface area contributed by atoms with Crippen LogP contribution in [0.1, 0.15) is 16.8 Å². The fourth-order valence-electron chi connectivity index (χ4n) is 2.98. The molecule has 28 heavy (non-hydrogen) atoms. The summed E-state index contributed by atoms with van der Waals surface area (Å²) in [6.45, 7) is 4.77. The van der Waals surface area contributed by atoms with Crippen LogP contribution in [0.4, 0.5) is 0 Å². The zero-order valence-electron chi connectivity index (χ0n) is 15.6. The highest BCUT2D eigenvalue weighted by molar-refractivity contribution is 7.99. The van der Waals surface area contributed by atoms with Gasteiger partial charge in [-0.15, -0.1) is 0 Å². The highest BCUT2D eigenvalue weighted by Gasteiger charge is 2.22. The first-order valence-electron chi connectivity index (χ1n) is 8.86. The summed E-state index contributed by atoms with van der Waals surface area (Å²) in [5.41, 5.74) is 4.76. The van der Waals surface area contributed by atoms with Crippen LogP contribution >= 0.6 is 11.8 Å². The smallest absolute Gasteiger partial charge is 0.276 e. The number of rotatable bonds is 5. The molecule has 0 amide bonds. The van der Waals surface area contributed by atoms with Gasteiger partial charge in [-0.05, 0) is 26.0 Å². The highest BCUT2D eigenvalue weighted by atomic mass is 32.2. The maximum atomic E-state index is 12.4. The first-order valence-corrected chi connectivity index (χ1v) is 11.3. The van der Waals surface area contributed by atoms with E-state index in [9.17, 15) is 8.42 Å². The van der Waals surface area contributed by atoms with Crippen LogP contribution in [0.3, 0.4) is 0 Å². The SMILES string of the molecule is Cc1ccc(-c2nc3n(c2C=NNS(=O)(=O)c2ccc(C)cc2)CCS3)cc1. The number of nitrogens with one attached hydrogen (secondary N) is 1. The number of imidazole rings is 1. The van der Waals surface area contributed by atoms with E-state index in [0.29, 0.717) is 0 Å². The molecule has 1 aliphatic heterocycles. The van der Waals surface area contributed by atoms with Gasteiger partial charge in [-0.2, -0.15) is 13.5 Å². The van der Waals surface area contributed by atoms with E-state index in [2.05, 4.69) is 14.5 Å². The minimum absolute atomic E-state index is 0.183. The van der Waals surface area contributed by atoms with Crippen molar-refractivity contribution in [1.29, 1.82) is 0 Å². The number of thioether (sulfide) groups is 1. The van der Waals surface area contributed by atoms with Crippen LogP contribution in [0.5, 0.6) is 0 Å². The Bertz CT molecular complexity index is 1130. The van der Waals surface area contributed by atoms with Crippen molar-refractivity contribution in [3.8, 4) is 11.3 Å². The molecule has 8 heteroatoms. The lowest BCUT2D eigenvalue weighted by Gasteiger charge is -2.05. The molecule has 144 valence electrons. The molecule has 1 aliphatic rings. The van der Waals surface area contributed by atoms with Crippen LogP contribution in [0.2, 0.25) is 0 Å². The van der Waals surface area contributed by atoms with Gasteiger partial charge < -0.3 is 4.57 Å². The summed E-state index contributed by atoms with van der Waals surface area (Å²) in [5, 5.41) is 4.96. The van der Waals surface area contributed by atoms with Crippen molar-refractivity contribution < 1.29 is 8.42 Å². The summed E-state index contributed by atoms with van der Waals surface area (Å²) in [6, 6.07) is 14.8. The van der Waals surface area contributed by atoms with Crippen LogP contribution in [0.15, 0.2) is 63.7 Å².